The molecule has 0 saturated carbocycles. The maximum Gasteiger partial charge on any atom is 0.411 e. The summed E-state index contributed by atoms with van der Waals surface area (Å²) in [6.45, 7) is 0.832. The van der Waals surface area contributed by atoms with E-state index in [-0.39, 0.29) is 18.2 Å². The molecular weight excluding hydrogens is 504 g/mol. The van der Waals surface area contributed by atoms with E-state index in [1.165, 1.54) is 0 Å². The van der Waals surface area contributed by atoms with Crippen LogP contribution in [-0.4, -0.2) is 44.9 Å². The van der Waals surface area contributed by atoms with Crippen LogP contribution in [0.4, 0.5) is 48.3 Å². The van der Waals surface area contributed by atoms with Gasteiger partial charge >= 0.3 is 14.1 Å². The predicted octanol–water partition coefficient (Wildman–Crippen LogP) is 6.21. The Morgan fingerprint density at radius 3 is 1.56 bits per heavy atom. The lowest BCUT2D eigenvalue weighted by Gasteiger charge is -2.32. The van der Waals surface area contributed by atoms with Gasteiger partial charge in [-0.15, -0.1) is 0 Å². The first-order valence-electron chi connectivity index (χ1n) is 9.50. The summed E-state index contributed by atoms with van der Waals surface area (Å²) in [5.74, 6) is -15.5. The van der Waals surface area contributed by atoms with Crippen molar-refractivity contribution < 1.29 is 53.0 Å². The zero-order chi connectivity index (χ0) is 25.9. The number of alkyl halides is 4. The van der Waals surface area contributed by atoms with Gasteiger partial charge in [-0.3, -0.25) is 0 Å². The zero-order valence-corrected chi connectivity index (χ0v) is 18.7. The van der Waals surface area contributed by atoms with E-state index in [1.54, 1.807) is 0 Å². The summed E-state index contributed by atoms with van der Waals surface area (Å²) in [5.41, 5.74) is -6.61. The van der Waals surface area contributed by atoms with E-state index in [0.29, 0.717) is 21.0 Å². The Balaban J connectivity index is 2.47. The van der Waals surface area contributed by atoms with Crippen LogP contribution in [-0.2, 0) is 0 Å². The molecule has 0 spiro atoms. The van der Waals surface area contributed by atoms with Gasteiger partial charge in [0, 0.05) is 6.07 Å². The summed E-state index contributed by atoms with van der Waals surface area (Å²) in [4.78, 5) is 0. The smallest absolute Gasteiger partial charge is 0.411 e. The van der Waals surface area contributed by atoms with Crippen LogP contribution >= 0.6 is 0 Å². The summed E-state index contributed by atoms with van der Waals surface area (Å²) >= 11 is -5.01. The van der Waals surface area contributed by atoms with Gasteiger partial charge in [-0.2, -0.15) is 0 Å². The molecule has 1 nitrogen and oxygen atoms in total. The molecule has 184 valence electrons. The van der Waals surface area contributed by atoms with Gasteiger partial charge in [0.05, 0.1) is 7.11 Å². The summed E-state index contributed by atoms with van der Waals surface area (Å²) in [7, 11) is 0.708. The second-order valence-electron chi connectivity index (χ2n) is 8.07. The van der Waals surface area contributed by atoms with Crippen LogP contribution in [0.2, 0.25) is 0 Å². The maximum atomic E-state index is 15.1. The van der Waals surface area contributed by atoms with Gasteiger partial charge in [0.25, 0.3) is 0 Å². The van der Waals surface area contributed by atoms with E-state index < -0.39 is 97.6 Å². The molecule has 1 aromatic rings. The van der Waals surface area contributed by atoms with E-state index in [4.69, 9.17) is 0 Å². The van der Waals surface area contributed by atoms with Crippen LogP contribution in [0.3, 0.4) is 0 Å². The van der Waals surface area contributed by atoms with Crippen molar-refractivity contribution in [2.75, 3.05) is 7.11 Å². The second kappa shape index (κ2) is 8.75. The third kappa shape index (κ3) is 4.07. The van der Waals surface area contributed by atoms with Gasteiger partial charge in [0.2, 0.25) is 0 Å². The molecule has 0 heterocycles. The van der Waals surface area contributed by atoms with Crippen LogP contribution in [0.5, 0.6) is 5.75 Å². The van der Waals surface area contributed by atoms with Gasteiger partial charge in [0.1, 0.15) is 29.1 Å². The first kappa shape index (κ1) is 26.3. The molecule has 2 aliphatic carbocycles. The third-order valence-electron chi connectivity index (χ3n) is 5.52. The number of allylic oxidation sites excluding steroid dienone is 8. The minimum absolute atomic E-state index is 0.0402. The predicted molar refractivity (Wildman–Crippen MR) is 102 cm³/mol. The van der Waals surface area contributed by atoms with Gasteiger partial charge < -0.3 is 4.74 Å². The van der Waals surface area contributed by atoms with E-state index >= 15 is 4.39 Å². The highest BCUT2D eigenvalue weighted by Crippen LogP contribution is 2.45. The molecule has 0 aromatic heterocycles. The number of ether oxygens (including phenoxy) is 1. The van der Waals surface area contributed by atoms with Crippen molar-refractivity contribution >= 4 is 18.6 Å². The molecule has 3 rings (SSSR count). The van der Waals surface area contributed by atoms with Gasteiger partial charge in [-0.1, -0.05) is 0 Å². The Labute approximate surface area is 190 Å². The molecule has 4 atom stereocenters. The zero-order valence-electron chi connectivity index (χ0n) is 17.5. The Morgan fingerprint density at radius 1 is 0.765 bits per heavy atom. The van der Waals surface area contributed by atoms with Crippen molar-refractivity contribution in [3.63, 3.8) is 0 Å². The molecule has 2 aliphatic rings. The number of methoxy groups -OCH3 is 1. The Kier molecular flexibility index (Phi) is 6.78. The number of rotatable bonds is 4. The fourth-order valence-electron chi connectivity index (χ4n) is 3.82. The van der Waals surface area contributed by atoms with Crippen molar-refractivity contribution in [1.82, 2.24) is 0 Å². The lowest BCUT2D eigenvalue weighted by atomic mass is 9.95. The fraction of sp³-hybridized carbons (Fsp3) is 0.333. The van der Waals surface area contributed by atoms with Gasteiger partial charge in [-0.25, -0.2) is 48.3 Å². The Morgan fingerprint density at radius 2 is 1.18 bits per heavy atom. The molecule has 0 radical (unpaired) electrons. The highest BCUT2D eigenvalue weighted by Gasteiger charge is 2.53. The molecule has 0 N–H and O–H groups in total. The van der Waals surface area contributed by atoms with Crippen molar-refractivity contribution in [1.29, 1.82) is 0 Å². The minimum atomic E-state index is -5.01. The Bertz CT molecular complexity index is 1110. The van der Waals surface area contributed by atoms with Crippen molar-refractivity contribution in [3.8, 4) is 5.75 Å². The third-order valence-corrected chi connectivity index (χ3v) is 8.88. The molecule has 0 bridgehead atoms. The molecule has 4 unspecified atom stereocenters. The summed E-state index contributed by atoms with van der Waals surface area (Å²) in [6.07, 6.45) is -6.81. The van der Waals surface area contributed by atoms with Crippen LogP contribution in [0, 0.1) is 17.5 Å². The fourth-order valence-corrected chi connectivity index (χ4v) is 6.99. The lowest BCUT2D eigenvalue weighted by Crippen LogP contribution is -2.47. The van der Waals surface area contributed by atoms with E-state index in [2.05, 4.69) is 4.74 Å². The summed E-state index contributed by atoms with van der Waals surface area (Å²) < 4.78 is 160. The number of hydrogen-bond acceptors (Lipinski definition) is 1. The van der Waals surface area contributed by atoms with Crippen molar-refractivity contribution in [2.24, 2.45) is 0 Å². The number of benzene rings is 1. The number of hydrogen-bond donors (Lipinski definition) is 0. The normalized spacial score (nSPS) is 29.8. The monoisotopic (exact) mass is 518 g/mol. The van der Waals surface area contributed by atoms with E-state index in [1.807, 2.05) is 0 Å². The topological polar surface area (TPSA) is 9.23 Å². The average molecular weight is 518 g/mol. The molecular formula is C21H14AlF11O. The number of halogens is 11. The average Bonchev–Trinajstić information content (AvgIpc) is 2.69. The molecule has 0 aliphatic heterocycles. The lowest BCUT2D eigenvalue weighted by molar-refractivity contribution is 0.113. The standard InChI is InChI=1S/2C7H5F4.C7H4F3O.Al/c2*1-7(11)3-4(8)2-5(9)6(7)10;1-11-7-5(9)2-4(8)3-6(7)10;/h2*3,6H,1H3;2H,1H3;. The van der Waals surface area contributed by atoms with Crippen LogP contribution < -0.4 is 9.16 Å². The Hall–Kier alpha value is -2.26. The van der Waals surface area contributed by atoms with Crippen molar-refractivity contribution in [3.05, 3.63) is 67.8 Å². The molecule has 0 fully saturated rings. The van der Waals surface area contributed by atoms with E-state index in [0.717, 1.165) is 0 Å². The summed E-state index contributed by atoms with van der Waals surface area (Å²) in [5, 5.41) is 0. The molecule has 34 heavy (non-hydrogen) atoms. The van der Waals surface area contributed by atoms with Gasteiger partial charge in [-0.05, 0) is 39.3 Å². The van der Waals surface area contributed by atoms with Gasteiger partial charge in [0.15, 0.2) is 41.1 Å². The molecule has 13 heteroatoms. The highest BCUT2D eigenvalue weighted by molar-refractivity contribution is 6.87. The van der Waals surface area contributed by atoms with Crippen LogP contribution in [0.25, 0.3) is 0 Å². The maximum absolute atomic E-state index is 15.1. The van der Waals surface area contributed by atoms with Crippen molar-refractivity contribution in [2.45, 2.75) is 37.5 Å². The molecule has 1 aromatic carbocycles. The van der Waals surface area contributed by atoms with Crippen LogP contribution in [0.1, 0.15) is 13.8 Å². The van der Waals surface area contributed by atoms with Crippen LogP contribution in [0.15, 0.2) is 50.4 Å². The first-order valence-corrected chi connectivity index (χ1v) is 11.2. The quantitative estimate of drug-likeness (QED) is 0.341. The largest absolute Gasteiger partial charge is 0.491 e. The minimum Gasteiger partial charge on any atom is -0.491 e. The SMILES string of the molecule is COc1c(F)cc(F)[c]([Al]([C]2=C(F)C(F)C(C)(F)C=C2F)[C]2=C(F)C(F)C(C)(F)C=C2F)c1F. The highest BCUT2D eigenvalue weighted by atomic mass is 27.2. The van der Waals surface area contributed by atoms with E-state index in [9.17, 15) is 43.9 Å². The first-order chi connectivity index (χ1) is 15.6. The molecule has 0 amide bonds. The second-order valence-corrected chi connectivity index (χ2v) is 10.7. The summed E-state index contributed by atoms with van der Waals surface area (Å²) in [6, 6.07) is -0.0402. The molecule has 0 saturated heterocycles.